The zero-order valence-electron chi connectivity index (χ0n) is 17.0. The maximum atomic E-state index is 12.8. The Labute approximate surface area is 171 Å². The number of aliphatic hydroxyl groups excluding tert-OH is 1. The number of aliphatic hydroxyl groups is 1. The van der Waals surface area contributed by atoms with Gasteiger partial charge in [-0.25, -0.2) is 4.79 Å². The molecule has 0 atom stereocenters. The van der Waals surface area contributed by atoms with Crippen molar-refractivity contribution in [2.24, 2.45) is 5.41 Å². The molecule has 0 aliphatic heterocycles. The average molecular weight is 406 g/mol. The highest BCUT2D eigenvalue weighted by Gasteiger charge is 2.33. The minimum Gasteiger partial charge on any atom is -0.477 e. The summed E-state index contributed by atoms with van der Waals surface area (Å²) in [7, 11) is 0. The summed E-state index contributed by atoms with van der Waals surface area (Å²) in [4.78, 5) is 27.7. The number of hydrogen-bond donors (Lipinski definition) is 2. The van der Waals surface area contributed by atoms with Gasteiger partial charge < -0.3 is 15.1 Å². The maximum absolute atomic E-state index is 12.8. The number of hydrogen-bond acceptors (Lipinski definition) is 4. The van der Waals surface area contributed by atoms with Gasteiger partial charge in [0, 0.05) is 17.3 Å². The van der Waals surface area contributed by atoms with Crippen LogP contribution < -0.4 is 4.90 Å². The van der Waals surface area contributed by atoms with Gasteiger partial charge in [-0.2, -0.15) is 0 Å². The van der Waals surface area contributed by atoms with Crippen LogP contribution in [-0.2, 0) is 4.79 Å². The Morgan fingerprint density at radius 3 is 2.46 bits per heavy atom. The Hall–Kier alpha value is -1.66. The normalized spacial score (nSPS) is 24.5. The summed E-state index contributed by atoms with van der Waals surface area (Å²) in [5, 5.41) is 19.6. The standard InChI is InChI=1S/C22H31NO4S/c1-4-19(25)23(15-5-7-16(24)8-6-15)17-13-18(28-20(17)21(26)27)14-9-11-22(2,3)12-10-14/h9,13,15-16,24H,4-8,10-12H2,1-3H3,(H,26,27). The lowest BCUT2D eigenvalue weighted by Crippen LogP contribution is -2.43. The van der Waals surface area contributed by atoms with Crippen LogP contribution >= 0.6 is 11.3 Å². The third-order valence-corrected chi connectivity index (χ3v) is 7.25. The topological polar surface area (TPSA) is 77.8 Å². The first-order valence-corrected chi connectivity index (χ1v) is 11.1. The minimum atomic E-state index is -0.979. The molecule has 5 nitrogen and oxygen atoms in total. The highest BCUT2D eigenvalue weighted by molar-refractivity contribution is 7.15. The van der Waals surface area contributed by atoms with E-state index in [2.05, 4.69) is 19.9 Å². The predicted octanol–water partition coefficient (Wildman–Crippen LogP) is 5.09. The van der Waals surface area contributed by atoms with E-state index in [1.807, 2.05) is 13.0 Å². The molecule has 6 heteroatoms. The molecule has 2 aliphatic carbocycles. The molecule has 28 heavy (non-hydrogen) atoms. The Morgan fingerprint density at radius 1 is 1.25 bits per heavy atom. The molecule has 1 aromatic heterocycles. The van der Waals surface area contributed by atoms with Gasteiger partial charge in [0.05, 0.1) is 11.8 Å². The number of carbonyl (C=O) groups excluding carboxylic acids is 1. The molecular formula is C22H31NO4S. The van der Waals surface area contributed by atoms with E-state index < -0.39 is 5.97 Å². The Balaban J connectivity index is 1.98. The number of carboxylic acids is 1. The second-order valence-electron chi connectivity index (χ2n) is 8.81. The van der Waals surface area contributed by atoms with Crippen molar-refractivity contribution in [3.63, 3.8) is 0 Å². The summed E-state index contributed by atoms with van der Waals surface area (Å²) in [5.41, 5.74) is 2.01. The first-order chi connectivity index (χ1) is 13.2. The summed E-state index contributed by atoms with van der Waals surface area (Å²) in [6.45, 7) is 6.32. The van der Waals surface area contributed by atoms with E-state index in [1.165, 1.54) is 16.9 Å². The lowest BCUT2D eigenvalue weighted by Gasteiger charge is -2.35. The number of rotatable bonds is 5. The summed E-state index contributed by atoms with van der Waals surface area (Å²) in [6.07, 6.45) is 7.94. The molecule has 0 aromatic carbocycles. The van der Waals surface area contributed by atoms with Crippen molar-refractivity contribution in [3.05, 3.63) is 21.9 Å². The molecule has 3 rings (SSSR count). The van der Waals surface area contributed by atoms with E-state index in [-0.39, 0.29) is 28.3 Å². The fourth-order valence-electron chi connectivity index (χ4n) is 4.19. The van der Waals surface area contributed by atoms with Gasteiger partial charge >= 0.3 is 5.97 Å². The van der Waals surface area contributed by atoms with Crippen LogP contribution in [0.25, 0.3) is 5.57 Å². The summed E-state index contributed by atoms with van der Waals surface area (Å²) in [5.74, 6) is -1.03. The molecule has 1 saturated carbocycles. The fourth-order valence-corrected chi connectivity index (χ4v) is 5.25. The molecule has 154 valence electrons. The Morgan fingerprint density at radius 2 is 1.93 bits per heavy atom. The van der Waals surface area contributed by atoms with Crippen LogP contribution in [0, 0.1) is 5.41 Å². The molecule has 0 unspecified atom stereocenters. The van der Waals surface area contributed by atoms with Gasteiger partial charge in [-0.15, -0.1) is 11.3 Å². The number of carboxylic acid groups (broad SMARTS) is 1. The number of carbonyl (C=O) groups is 2. The Kier molecular flexibility index (Phi) is 6.30. The lowest BCUT2D eigenvalue weighted by molar-refractivity contribution is -0.119. The van der Waals surface area contributed by atoms with Crippen LogP contribution in [0.5, 0.6) is 0 Å². The lowest BCUT2D eigenvalue weighted by atomic mass is 9.78. The first kappa shape index (κ1) is 21.1. The van der Waals surface area contributed by atoms with E-state index in [4.69, 9.17) is 0 Å². The van der Waals surface area contributed by atoms with Gasteiger partial charge in [0.1, 0.15) is 4.88 Å². The van der Waals surface area contributed by atoms with E-state index in [9.17, 15) is 19.8 Å². The van der Waals surface area contributed by atoms with Crippen molar-refractivity contribution in [3.8, 4) is 0 Å². The molecule has 2 N–H and O–H groups in total. The quantitative estimate of drug-likeness (QED) is 0.715. The molecule has 0 spiro atoms. The molecule has 1 fully saturated rings. The second-order valence-corrected chi connectivity index (χ2v) is 9.86. The van der Waals surface area contributed by atoms with E-state index in [0.717, 1.165) is 24.1 Å². The number of amides is 1. The van der Waals surface area contributed by atoms with Crippen LogP contribution in [0.3, 0.4) is 0 Å². The van der Waals surface area contributed by atoms with Crippen LogP contribution in [0.1, 0.15) is 86.7 Å². The van der Waals surface area contributed by atoms with Crippen molar-refractivity contribution in [2.45, 2.75) is 84.3 Å². The molecule has 0 bridgehead atoms. The zero-order valence-corrected chi connectivity index (χ0v) is 17.8. The van der Waals surface area contributed by atoms with Crippen molar-refractivity contribution in [1.82, 2.24) is 0 Å². The molecule has 2 aliphatic rings. The van der Waals surface area contributed by atoms with Crippen molar-refractivity contribution >= 4 is 34.5 Å². The zero-order chi connectivity index (χ0) is 20.5. The number of allylic oxidation sites excluding steroid dienone is 2. The SMILES string of the molecule is CCC(=O)N(c1cc(C2=CCC(C)(C)CC2)sc1C(=O)O)C1CCC(O)CC1. The number of aromatic carboxylic acids is 1. The minimum absolute atomic E-state index is 0.0457. The third-order valence-electron chi connectivity index (χ3n) is 6.06. The first-order valence-electron chi connectivity index (χ1n) is 10.3. The van der Waals surface area contributed by atoms with E-state index in [0.29, 0.717) is 37.8 Å². The van der Waals surface area contributed by atoms with E-state index in [1.54, 1.807) is 4.90 Å². The third kappa shape index (κ3) is 4.49. The molecule has 1 heterocycles. The maximum Gasteiger partial charge on any atom is 0.348 e. The van der Waals surface area contributed by atoms with Gasteiger partial charge in [-0.1, -0.05) is 26.8 Å². The van der Waals surface area contributed by atoms with Gasteiger partial charge in [0.25, 0.3) is 0 Å². The predicted molar refractivity (Wildman–Crippen MR) is 113 cm³/mol. The van der Waals surface area contributed by atoms with E-state index >= 15 is 0 Å². The van der Waals surface area contributed by atoms with Crippen LogP contribution in [-0.4, -0.2) is 34.2 Å². The molecule has 0 radical (unpaired) electrons. The molecule has 1 amide bonds. The fraction of sp³-hybridized carbons (Fsp3) is 0.636. The second kappa shape index (κ2) is 8.37. The highest BCUT2D eigenvalue weighted by atomic mass is 32.1. The van der Waals surface area contributed by atoms with Crippen LogP contribution in [0.15, 0.2) is 12.1 Å². The molecular weight excluding hydrogens is 374 g/mol. The monoisotopic (exact) mass is 405 g/mol. The smallest absolute Gasteiger partial charge is 0.348 e. The Bertz CT molecular complexity index is 771. The van der Waals surface area contributed by atoms with Crippen molar-refractivity contribution in [1.29, 1.82) is 0 Å². The van der Waals surface area contributed by atoms with Crippen molar-refractivity contribution < 1.29 is 19.8 Å². The van der Waals surface area contributed by atoms with Crippen LogP contribution in [0.2, 0.25) is 0 Å². The average Bonchev–Trinajstić information content (AvgIpc) is 3.08. The number of thiophene rings is 1. The molecule has 1 aromatic rings. The van der Waals surface area contributed by atoms with Crippen molar-refractivity contribution in [2.75, 3.05) is 4.90 Å². The van der Waals surface area contributed by atoms with Gasteiger partial charge in [-0.05, 0) is 62.0 Å². The van der Waals surface area contributed by atoms with Gasteiger partial charge in [0.2, 0.25) is 5.91 Å². The van der Waals surface area contributed by atoms with Gasteiger partial charge in [0.15, 0.2) is 0 Å². The molecule has 0 saturated heterocycles. The number of nitrogens with zero attached hydrogens (tertiary/aromatic N) is 1. The summed E-state index contributed by atoms with van der Waals surface area (Å²) < 4.78 is 0. The van der Waals surface area contributed by atoms with Crippen LogP contribution in [0.4, 0.5) is 5.69 Å². The summed E-state index contributed by atoms with van der Waals surface area (Å²) in [6, 6.07) is 1.87. The largest absolute Gasteiger partial charge is 0.477 e. The summed E-state index contributed by atoms with van der Waals surface area (Å²) >= 11 is 1.28. The highest BCUT2D eigenvalue weighted by Crippen LogP contribution is 2.43. The van der Waals surface area contributed by atoms with Gasteiger partial charge in [-0.3, -0.25) is 4.79 Å². The number of anilines is 1.